The van der Waals surface area contributed by atoms with Gasteiger partial charge in [-0.15, -0.1) is 0 Å². The lowest BCUT2D eigenvalue weighted by molar-refractivity contribution is -0.384. The molecule has 1 amide bonds. The van der Waals surface area contributed by atoms with Crippen molar-refractivity contribution in [3.63, 3.8) is 0 Å². The molecule has 0 saturated carbocycles. The number of carbonyl (C=O) groups is 1. The Kier molecular flexibility index (Phi) is 5.25. The van der Waals surface area contributed by atoms with Gasteiger partial charge in [0, 0.05) is 51.0 Å². The number of hydrogen-bond donors (Lipinski definition) is 0. The highest BCUT2D eigenvalue weighted by atomic mass is 16.6. The van der Waals surface area contributed by atoms with Crippen molar-refractivity contribution < 1.29 is 14.5 Å². The Balaban J connectivity index is 1.74. The van der Waals surface area contributed by atoms with Crippen LogP contribution in [-0.4, -0.2) is 61.8 Å². The molecule has 1 aromatic carbocycles. The monoisotopic (exact) mass is 348 g/mol. The highest BCUT2D eigenvalue weighted by Crippen LogP contribution is 2.34. The Morgan fingerprint density at radius 2 is 1.80 bits per heavy atom. The quantitative estimate of drug-likeness (QED) is 0.614. The first-order chi connectivity index (χ1) is 12.1. The van der Waals surface area contributed by atoms with E-state index in [1.54, 1.807) is 24.0 Å². The molecule has 2 saturated heterocycles. The minimum atomic E-state index is -0.309. The summed E-state index contributed by atoms with van der Waals surface area (Å²) in [4.78, 5) is 28.8. The third-order valence-corrected chi connectivity index (χ3v) is 4.77. The Morgan fingerprint density at radius 1 is 1.12 bits per heavy atom. The zero-order valence-corrected chi connectivity index (χ0v) is 14.5. The molecule has 0 spiro atoms. The fraction of sp³-hybridized carbons (Fsp3) is 0.588. The molecule has 0 atom stereocenters. The predicted molar refractivity (Wildman–Crippen MR) is 95.4 cm³/mol. The van der Waals surface area contributed by atoms with Gasteiger partial charge in [-0.05, 0) is 31.9 Å². The summed E-state index contributed by atoms with van der Waals surface area (Å²) in [6.45, 7) is 6.46. The summed E-state index contributed by atoms with van der Waals surface area (Å²) in [6, 6.07) is 5.32. The molecular formula is C17H24N4O4. The van der Waals surface area contributed by atoms with Gasteiger partial charge in [-0.1, -0.05) is 0 Å². The van der Waals surface area contributed by atoms with Crippen LogP contribution in [-0.2, 0) is 4.74 Å². The first kappa shape index (κ1) is 17.3. The SMILES string of the molecule is CCOC(=O)N1CCN(c2ccc([N+](=O)[O-])c(N3CCCC3)c2)CC1. The fourth-order valence-electron chi connectivity index (χ4n) is 3.44. The maximum absolute atomic E-state index is 11.8. The van der Waals surface area contributed by atoms with E-state index in [0.29, 0.717) is 38.5 Å². The lowest BCUT2D eigenvalue weighted by Gasteiger charge is -2.35. The van der Waals surface area contributed by atoms with Crippen molar-refractivity contribution in [2.45, 2.75) is 19.8 Å². The number of nitro groups is 1. The summed E-state index contributed by atoms with van der Waals surface area (Å²) in [5.41, 5.74) is 1.83. The van der Waals surface area contributed by atoms with Gasteiger partial charge in [0.05, 0.1) is 11.5 Å². The molecule has 0 aliphatic carbocycles. The molecule has 0 N–H and O–H groups in total. The molecule has 8 heteroatoms. The Hall–Kier alpha value is -2.51. The van der Waals surface area contributed by atoms with Crippen molar-refractivity contribution in [1.29, 1.82) is 0 Å². The van der Waals surface area contributed by atoms with Gasteiger partial charge in [0.2, 0.25) is 0 Å². The molecule has 2 fully saturated rings. The zero-order chi connectivity index (χ0) is 17.8. The maximum Gasteiger partial charge on any atom is 0.409 e. The van der Waals surface area contributed by atoms with Crippen LogP contribution in [0, 0.1) is 10.1 Å². The third-order valence-electron chi connectivity index (χ3n) is 4.77. The standard InChI is InChI=1S/C17H24N4O4/c1-2-25-17(22)20-11-9-18(10-12-20)14-5-6-15(21(23)24)16(13-14)19-7-3-4-8-19/h5-6,13H,2-4,7-12H2,1H3. The molecule has 3 rings (SSSR count). The van der Waals surface area contributed by atoms with Crippen molar-refractivity contribution >= 4 is 23.2 Å². The summed E-state index contributed by atoms with van der Waals surface area (Å²) in [5, 5.41) is 11.4. The molecule has 2 aliphatic heterocycles. The van der Waals surface area contributed by atoms with Gasteiger partial charge in [0.25, 0.3) is 5.69 Å². The van der Waals surface area contributed by atoms with E-state index < -0.39 is 0 Å². The van der Waals surface area contributed by atoms with Crippen LogP contribution in [0.5, 0.6) is 0 Å². The van der Waals surface area contributed by atoms with Gasteiger partial charge in [0.1, 0.15) is 5.69 Å². The first-order valence-corrected chi connectivity index (χ1v) is 8.80. The molecule has 8 nitrogen and oxygen atoms in total. The highest BCUT2D eigenvalue weighted by molar-refractivity contribution is 5.71. The molecule has 0 unspecified atom stereocenters. The van der Waals surface area contributed by atoms with Crippen LogP contribution in [0.1, 0.15) is 19.8 Å². The summed E-state index contributed by atoms with van der Waals surface area (Å²) < 4.78 is 5.04. The van der Waals surface area contributed by atoms with Crippen LogP contribution < -0.4 is 9.80 Å². The van der Waals surface area contributed by atoms with Gasteiger partial charge < -0.3 is 19.4 Å². The minimum absolute atomic E-state index is 0.163. The minimum Gasteiger partial charge on any atom is -0.450 e. The van der Waals surface area contributed by atoms with E-state index in [2.05, 4.69) is 9.80 Å². The lowest BCUT2D eigenvalue weighted by Crippen LogP contribution is -2.49. The third kappa shape index (κ3) is 3.78. The van der Waals surface area contributed by atoms with Gasteiger partial charge in [-0.2, -0.15) is 0 Å². The number of amides is 1. The summed E-state index contributed by atoms with van der Waals surface area (Å²) in [7, 11) is 0. The lowest BCUT2D eigenvalue weighted by atomic mass is 10.2. The molecule has 1 aromatic rings. The fourth-order valence-corrected chi connectivity index (χ4v) is 3.44. The van der Waals surface area contributed by atoms with Crippen LogP contribution >= 0.6 is 0 Å². The van der Waals surface area contributed by atoms with Crippen LogP contribution in [0.4, 0.5) is 21.9 Å². The Bertz CT molecular complexity index is 638. The summed E-state index contributed by atoms with van der Waals surface area (Å²) >= 11 is 0. The zero-order valence-electron chi connectivity index (χ0n) is 14.5. The van der Waals surface area contributed by atoms with Crippen molar-refractivity contribution in [1.82, 2.24) is 4.90 Å². The number of nitrogens with zero attached hydrogens (tertiary/aromatic N) is 4. The molecule has 25 heavy (non-hydrogen) atoms. The molecule has 136 valence electrons. The number of hydrogen-bond acceptors (Lipinski definition) is 6. The van der Waals surface area contributed by atoms with Gasteiger partial charge in [-0.3, -0.25) is 10.1 Å². The molecule has 0 aromatic heterocycles. The molecule has 0 bridgehead atoms. The smallest absolute Gasteiger partial charge is 0.409 e. The molecule has 2 heterocycles. The second-order valence-corrected chi connectivity index (χ2v) is 6.30. The number of nitro benzene ring substituents is 1. The van der Waals surface area contributed by atoms with Crippen molar-refractivity contribution in [3.05, 3.63) is 28.3 Å². The van der Waals surface area contributed by atoms with Crippen molar-refractivity contribution in [3.8, 4) is 0 Å². The topological polar surface area (TPSA) is 79.2 Å². The van der Waals surface area contributed by atoms with Crippen LogP contribution in [0.3, 0.4) is 0 Å². The number of piperazine rings is 1. The van der Waals surface area contributed by atoms with E-state index in [0.717, 1.165) is 31.6 Å². The second-order valence-electron chi connectivity index (χ2n) is 6.30. The van der Waals surface area contributed by atoms with Crippen molar-refractivity contribution in [2.24, 2.45) is 0 Å². The molecular weight excluding hydrogens is 324 g/mol. The first-order valence-electron chi connectivity index (χ1n) is 8.80. The van der Waals surface area contributed by atoms with E-state index >= 15 is 0 Å². The number of benzene rings is 1. The summed E-state index contributed by atoms with van der Waals surface area (Å²) in [6.07, 6.45) is 1.86. The number of anilines is 2. The molecule has 0 radical (unpaired) electrons. The second kappa shape index (κ2) is 7.58. The van der Waals surface area contributed by atoms with Crippen LogP contribution in [0.2, 0.25) is 0 Å². The largest absolute Gasteiger partial charge is 0.450 e. The van der Waals surface area contributed by atoms with Crippen LogP contribution in [0.25, 0.3) is 0 Å². The average Bonchev–Trinajstić information content (AvgIpc) is 3.16. The van der Waals surface area contributed by atoms with Gasteiger partial charge >= 0.3 is 6.09 Å². The number of ether oxygens (including phenoxy) is 1. The highest BCUT2D eigenvalue weighted by Gasteiger charge is 2.26. The molecule has 2 aliphatic rings. The van der Waals surface area contributed by atoms with E-state index in [1.165, 1.54) is 0 Å². The van der Waals surface area contributed by atoms with E-state index in [-0.39, 0.29) is 16.7 Å². The van der Waals surface area contributed by atoms with Gasteiger partial charge in [0.15, 0.2) is 0 Å². The average molecular weight is 348 g/mol. The maximum atomic E-state index is 11.8. The van der Waals surface area contributed by atoms with Crippen molar-refractivity contribution in [2.75, 3.05) is 55.7 Å². The Morgan fingerprint density at radius 3 is 2.40 bits per heavy atom. The predicted octanol–water partition coefficient (Wildman–Crippen LogP) is 2.47. The normalized spacial score (nSPS) is 17.7. The van der Waals surface area contributed by atoms with Gasteiger partial charge in [-0.25, -0.2) is 4.79 Å². The van der Waals surface area contributed by atoms with E-state index in [9.17, 15) is 14.9 Å². The van der Waals surface area contributed by atoms with E-state index in [1.807, 2.05) is 6.07 Å². The van der Waals surface area contributed by atoms with Crippen LogP contribution in [0.15, 0.2) is 18.2 Å². The summed E-state index contributed by atoms with van der Waals surface area (Å²) in [5.74, 6) is 0. The van der Waals surface area contributed by atoms with E-state index in [4.69, 9.17) is 4.74 Å². The number of rotatable bonds is 4. The Labute approximate surface area is 147 Å². The number of carbonyl (C=O) groups excluding carboxylic acids is 1.